The van der Waals surface area contributed by atoms with Crippen molar-refractivity contribution in [1.82, 2.24) is 5.32 Å². The number of anilines is 1. The fraction of sp³-hybridized carbons (Fsp3) is 0.611. The maximum absolute atomic E-state index is 13.7. The molecule has 6 heteroatoms. The summed E-state index contributed by atoms with van der Waals surface area (Å²) in [6.07, 6.45) is 1.97. The van der Waals surface area contributed by atoms with E-state index in [0.29, 0.717) is 19.8 Å². The molecule has 0 spiro atoms. The van der Waals surface area contributed by atoms with Crippen LogP contribution in [-0.4, -0.2) is 45.4 Å². The fourth-order valence-corrected chi connectivity index (χ4v) is 2.74. The number of nitrogens with zero attached hydrogens (tertiary/aromatic N) is 1. The maximum Gasteiger partial charge on any atom is 0.246 e. The van der Waals surface area contributed by atoms with E-state index in [2.05, 4.69) is 17.1 Å². The number of rotatable bonds is 8. The minimum Gasteiger partial charge on any atom is -0.378 e. The Hall–Kier alpha value is -1.66. The van der Waals surface area contributed by atoms with Crippen molar-refractivity contribution in [2.24, 2.45) is 0 Å². The van der Waals surface area contributed by atoms with E-state index in [4.69, 9.17) is 9.47 Å². The number of ether oxygens (including phenoxy) is 2. The van der Waals surface area contributed by atoms with Crippen LogP contribution in [0.3, 0.4) is 0 Å². The largest absolute Gasteiger partial charge is 0.378 e. The Morgan fingerprint density at radius 3 is 2.88 bits per heavy atom. The Labute approximate surface area is 143 Å². The third kappa shape index (κ3) is 5.46. The van der Waals surface area contributed by atoms with Gasteiger partial charge in [0.2, 0.25) is 5.91 Å². The molecule has 1 N–H and O–H groups in total. The Balaban J connectivity index is 2.00. The molecule has 1 saturated heterocycles. The summed E-state index contributed by atoms with van der Waals surface area (Å²) in [5.74, 6) is -0.488. The Morgan fingerprint density at radius 2 is 2.17 bits per heavy atom. The molecule has 5 nitrogen and oxygen atoms in total. The van der Waals surface area contributed by atoms with Gasteiger partial charge in [-0.05, 0) is 31.5 Å². The molecule has 1 heterocycles. The number of benzene rings is 1. The molecule has 1 aliphatic rings. The molecule has 0 aliphatic carbocycles. The van der Waals surface area contributed by atoms with E-state index in [9.17, 15) is 9.18 Å². The number of hydrogen-bond acceptors (Lipinski definition) is 4. The number of carbonyl (C=O) groups is 1. The van der Waals surface area contributed by atoms with Crippen molar-refractivity contribution in [1.29, 1.82) is 0 Å². The molecular weight excluding hydrogens is 311 g/mol. The van der Waals surface area contributed by atoms with Crippen LogP contribution in [0.4, 0.5) is 10.1 Å². The lowest BCUT2D eigenvalue weighted by Crippen LogP contribution is -2.38. The topological polar surface area (TPSA) is 50.8 Å². The molecular formula is C18H27FN2O3. The number of carbonyl (C=O) groups excluding carboxylic acids is 1. The maximum atomic E-state index is 13.7. The number of nitrogens with one attached hydrogen (secondary N) is 1. The van der Waals surface area contributed by atoms with Gasteiger partial charge in [0.15, 0.2) is 0 Å². The first-order valence-electron chi connectivity index (χ1n) is 8.61. The minimum absolute atomic E-state index is 0.0343. The van der Waals surface area contributed by atoms with Gasteiger partial charge in [0.25, 0.3) is 0 Å². The number of halogens is 1. The lowest BCUT2D eigenvalue weighted by Gasteiger charge is -2.32. The standard InChI is InChI=1S/C18H27FN2O3/c1-3-4-9-24-13-18(22)20-14(2)16-12-15(19)5-6-17(16)21-7-10-23-11-8-21/h5-6,12,14H,3-4,7-11,13H2,1-2H3,(H,20,22)/t14-/m1/s1. The van der Waals surface area contributed by atoms with E-state index in [1.54, 1.807) is 6.07 Å². The van der Waals surface area contributed by atoms with Gasteiger partial charge in [0.05, 0.1) is 19.3 Å². The second-order valence-electron chi connectivity index (χ2n) is 6.00. The normalized spacial score (nSPS) is 16.0. The molecule has 1 fully saturated rings. The number of hydrogen-bond donors (Lipinski definition) is 1. The fourth-order valence-electron chi connectivity index (χ4n) is 2.74. The second kappa shape index (κ2) is 9.59. The monoisotopic (exact) mass is 338 g/mol. The highest BCUT2D eigenvalue weighted by Crippen LogP contribution is 2.28. The van der Waals surface area contributed by atoms with E-state index >= 15 is 0 Å². The molecule has 2 rings (SSSR count). The van der Waals surface area contributed by atoms with Crippen molar-refractivity contribution >= 4 is 11.6 Å². The van der Waals surface area contributed by atoms with Gasteiger partial charge in [0, 0.05) is 30.9 Å². The van der Waals surface area contributed by atoms with Crippen LogP contribution >= 0.6 is 0 Å². The summed E-state index contributed by atoms with van der Waals surface area (Å²) in [7, 11) is 0. The molecule has 24 heavy (non-hydrogen) atoms. The third-order valence-corrected chi connectivity index (χ3v) is 4.06. The van der Waals surface area contributed by atoms with Crippen LogP contribution in [0.5, 0.6) is 0 Å². The van der Waals surface area contributed by atoms with Crippen molar-refractivity contribution < 1.29 is 18.7 Å². The van der Waals surface area contributed by atoms with Crippen LogP contribution in [0.15, 0.2) is 18.2 Å². The average molecular weight is 338 g/mol. The van der Waals surface area contributed by atoms with Crippen molar-refractivity contribution in [2.45, 2.75) is 32.7 Å². The Bertz CT molecular complexity index is 533. The zero-order chi connectivity index (χ0) is 17.4. The summed E-state index contributed by atoms with van der Waals surface area (Å²) in [6.45, 7) is 7.39. The molecule has 134 valence electrons. The molecule has 0 unspecified atom stereocenters. The van der Waals surface area contributed by atoms with Gasteiger partial charge in [-0.25, -0.2) is 4.39 Å². The highest BCUT2D eigenvalue weighted by Gasteiger charge is 2.20. The molecule has 0 bridgehead atoms. The summed E-state index contributed by atoms with van der Waals surface area (Å²) in [5.41, 5.74) is 1.72. The summed E-state index contributed by atoms with van der Waals surface area (Å²) in [4.78, 5) is 14.2. The first kappa shape index (κ1) is 18.7. The molecule has 1 aliphatic heterocycles. The van der Waals surface area contributed by atoms with Crippen LogP contribution in [0.1, 0.15) is 38.3 Å². The first-order chi connectivity index (χ1) is 11.6. The number of morpholine rings is 1. The van der Waals surface area contributed by atoms with E-state index in [0.717, 1.165) is 37.2 Å². The predicted octanol–water partition coefficient (Wildman–Crippen LogP) is 2.66. The molecule has 0 saturated carbocycles. The van der Waals surface area contributed by atoms with Gasteiger partial charge in [-0.1, -0.05) is 13.3 Å². The quantitative estimate of drug-likeness (QED) is 0.741. The van der Waals surface area contributed by atoms with Gasteiger partial charge in [-0.15, -0.1) is 0 Å². The van der Waals surface area contributed by atoms with E-state index < -0.39 is 0 Å². The number of unbranched alkanes of at least 4 members (excludes halogenated alkanes) is 1. The smallest absolute Gasteiger partial charge is 0.246 e. The van der Waals surface area contributed by atoms with Gasteiger partial charge in [-0.2, -0.15) is 0 Å². The minimum atomic E-state index is -0.303. The van der Waals surface area contributed by atoms with Crippen molar-refractivity contribution in [3.8, 4) is 0 Å². The lowest BCUT2D eigenvalue weighted by molar-refractivity contribution is -0.126. The molecule has 1 atom stereocenters. The summed E-state index contributed by atoms with van der Waals surface area (Å²) < 4.78 is 24.4. The Kier molecular flexibility index (Phi) is 7.46. The molecule has 1 aromatic rings. The summed E-state index contributed by atoms with van der Waals surface area (Å²) >= 11 is 0. The van der Waals surface area contributed by atoms with Gasteiger partial charge in [0.1, 0.15) is 12.4 Å². The predicted molar refractivity (Wildman–Crippen MR) is 91.7 cm³/mol. The van der Waals surface area contributed by atoms with Crippen LogP contribution in [0.2, 0.25) is 0 Å². The molecule has 1 amide bonds. The summed E-state index contributed by atoms with van der Waals surface area (Å²) in [5, 5.41) is 2.89. The zero-order valence-corrected chi connectivity index (χ0v) is 14.5. The van der Waals surface area contributed by atoms with Gasteiger partial charge < -0.3 is 19.7 Å². The first-order valence-corrected chi connectivity index (χ1v) is 8.61. The van der Waals surface area contributed by atoms with Crippen LogP contribution in [-0.2, 0) is 14.3 Å². The highest BCUT2D eigenvalue weighted by molar-refractivity contribution is 5.78. The Morgan fingerprint density at radius 1 is 1.42 bits per heavy atom. The van der Waals surface area contributed by atoms with Gasteiger partial charge >= 0.3 is 0 Å². The van der Waals surface area contributed by atoms with E-state index in [1.165, 1.54) is 12.1 Å². The molecule has 0 radical (unpaired) electrons. The van der Waals surface area contributed by atoms with E-state index in [-0.39, 0.29) is 24.4 Å². The average Bonchev–Trinajstić information content (AvgIpc) is 2.59. The van der Waals surface area contributed by atoms with Gasteiger partial charge in [-0.3, -0.25) is 4.79 Å². The number of amides is 1. The molecule has 0 aromatic heterocycles. The second-order valence-corrected chi connectivity index (χ2v) is 6.00. The van der Waals surface area contributed by atoms with E-state index in [1.807, 2.05) is 6.92 Å². The van der Waals surface area contributed by atoms with Crippen molar-refractivity contribution in [2.75, 3.05) is 44.4 Å². The molecule has 1 aromatic carbocycles. The summed E-state index contributed by atoms with van der Waals surface area (Å²) in [6, 6.07) is 4.43. The van der Waals surface area contributed by atoms with Crippen LogP contribution in [0, 0.1) is 5.82 Å². The third-order valence-electron chi connectivity index (χ3n) is 4.06. The van der Waals surface area contributed by atoms with Crippen molar-refractivity contribution in [3.63, 3.8) is 0 Å². The van der Waals surface area contributed by atoms with Crippen molar-refractivity contribution in [3.05, 3.63) is 29.6 Å². The lowest BCUT2D eigenvalue weighted by atomic mass is 10.0. The highest BCUT2D eigenvalue weighted by atomic mass is 19.1. The zero-order valence-electron chi connectivity index (χ0n) is 14.5. The SMILES string of the molecule is CCCCOCC(=O)N[C@H](C)c1cc(F)ccc1N1CCOCC1. The van der Waals surface area contributed by atoms with Crippen LogP contribution in [0.25, 0.3) is 0 Å². The van der Waals surface area contributed by atoms with Crippen LogP contribution < -0.4 is 10.2 Å².